The maximum atomic E-state index is 12.1. The van der Waals surface area contributed by atoms with Gasteiger partial charge in [0.2, 0.25) is 5.95 Å². The van der Waals surface area contributed by atoms with Gasteiger partial charge in [0.05, 0.1) is 17.8 Å². The van der Waals surface area contributed by atoms with Gasteiger partial charge in [-0.15, -0.1) is 0 Å². The summed E-state index contributed by atoms with van der Waals surface area (Å²) >= 11 is 0. The van der Waals surface area contributed by atoms with Crippen molar-refractivity contribution in [3.63, 3.8) is 0 Å². The standard InChI is InChI=1S/C24H33N5O3/c1-28(2)22-18-11-7-8-12-19(18)26-23(27-22)25-16-13-14-20(21(15-16)32-3)29(24(30)31)17-9-5-4-6-10-17/h4-6,9-10,16,20-21H,7-8,11-15H2,1-3H3,(H,30,31)(H,25,26,27)/t16?,20-,21+/m1/s1. The first kappa shape index (κ1) is 22.3. The molecular weight excluding hydrogens is 406 g/mol. The van der Waals surface area contributed by atoms with Crippen molar-refractivity contribution < 1.29 is 14.6 Å². The van der Waals surface area contributed by atoms with Crippen LogP contribution in [0.4, 0.5) is 22.2 Å². The third-order valence-corrected chi connectivity index (χ3v) is 6.55. The molecule has 2 aromatic rings. The van der Waals surface area contributed by atoms with Gasteiger partial charge in [-0.3, -0.25) is 4.90 Å². The number of rotatable bonds is 6. The molecule has 1 fully saturated rings. The molecule has 0 saturated heterocycles. The average molecular weight is 440 g/mol. The topological polar surface area (TPSA) is 90.8 Å². The van der Waals surface area contributed by atoms with Crippen LogP contribution in [0.15, 0.2) is 30.3 Å². The van der Waals surface area contributed by atoms with Gasteiger partial charge in [0.15, 0.2) is 0 Å². The molecule has 1 heterocycles. The molecule has 4 rings (SSSR count). The van der Waals surface area contributed by atoms with Crippen molar-refractivity contribution in [2.45, 2.75) is 63.1 Å². The molecule has 1 aromatic heterocycles. The highest BCUT2D eigenvalue weighted by atomic mass is 16.5. The third-order valence-electron chi connectivity index (χ3n) is 6.55. The largest absolute Gasteiger partial charge is 0.465 e. The number of nitrogens with zero attached hydrogens (tertiary/aromatic N) is 4. The zero-order chi connectivity index (χ0) is 22.7. The Morgan fingerprint density at radius 2 is 1.88 bits per heavy atom. The Morgan fingerprint density at radius 1 is 1.12 bits per heavy atom. The monoisotopic (exact) mass is 439 g/mol. The molecule has 172 valence electrons. The number of benzene rings is 1. The molecule has 0 spiro atoms. The van der Waals surface area contributed by atoms with Gasteiger partial charge in [-0.1, -0.05) is 18.2 Å². The van der Waals surface area contributed by atoms with Crippen molar-refractivity contribution >= 4 is 23.5 Å². The van der Waals surface area contributed by atoms with E-state index in [1.807, 2.05) is 44.4 Å². The van der Waals surface area contributed by atoms with E-state index in [0.29, 0.717) is 24.5 Å². The van der Waals surface area contributed by atoms with E-state index in [0.717, 1.165) is 37.2 Å². The number of carbonyl (C=O) groups is 1. The first-order chi connectivity index (χ1) is 15.5. The van der Waals surface area contributed by atoms with E-state index in [4.69, 9.17) is 14.7 Å². The second-order valence-corrected chi connectivity index (χ2v) is 8.88. The SMILES string of the molecule is CO[C@H]1CC(Nc2nc3c(c(N(C)C)n2)CCCC3)CC[C@H]1N(C(=O)O)c1ccccc1. The van der Waals surface area contributed by atoms with Gasteiger partial charge >= 0.3 is 6.09 Å². The normalized spacial score (nSPS) is 22.7. The summed E-state index contributed by atoms with van der Waals surface area (Å²) in [4.78, 5) is 25.3. The van der Waals surface area contributed by atoms with Gasteiger partial charge in [-0.05, 0) is 57.1 Å². The molecule has 8 heteroatoms. The highest BCUT2D eigenvalue weighted by molar-refractivity contribution is 5.86. The number of fused-ring (bicyclic) bond motifs is 1. The number of hydrogen-bond donors (Lipinski definition) is 2. The van der Waals surface area contributed by atoms with Gasteiger partial charge in [0.25, 0.3) is 0 Å². The average Bonchev–Trinajstić information content (AvgIpc) is 2.80. The van der Waals surface area contributed by atoms with E-state index in [2.05, 4.69) is 10.2 Å². The highest BCUT2D eigenvalue weighted by Crippen LogP contribution is 2.32. The lowest BCUT2D eigenvalue weighted by Gasteiger charge is -2.40. The van der Waals surface area contributed by atoms with Gasteiger partial charge in [0.1, 0.15) is 5.82 Å². The predicted molar refractivity (Wildman–Crippen MR) is 126 cm³/mol. The molecule has 1 saturated carbocycles. The first-order valence-corrected chi connectivity index (χ1v) is 11.4. The van der Waals surface area contributed by atoms with E-state index in [-0.39, 0.29) is 18.2 Å². The van der Waals surface area contributed by atoms with Gasteiger partial charge in [0, 0.05) is 38.5 Å². The van der Waals surface area contributed by atoms with Crippen LogP contribution in [0.3, 0.4) is 0 Å². The molecule has 2 aliphatic rings. The van der Waals surface area contributed by atoms with E-state index >= 15 is 0 Å². The van der Waals surface area contributed by atoms with Crippen molar-refractivity contribution in [3.05, 3.63) is 41.6 Å². The lowest BCUT2D eigenvalue weighted by molar-refractivity contribution is 0.0473. The fourth-order valence-electron chi connectivity index (χ4n) is 5.02. The number of para-hydroxylation sites is 1. The van der Waals surface area contributed by atoms with E-state index in [1.54, 1.807) is 7.11 Å². The molecule has 2 aliphatic carbocycles. The summed E-state index contributed by atoms with van der Waals surface area (Å²) in [5, 5.41) is 13.4. The number of aryl methyl sites for hydroxylation is 1. The zero-order valence-corrected chi connectivity index (χ0v) is 19.1. The van der Waals surface area contributed by atoms with Gasteiger partial charge in [-0.25, -0.2) is 9.78 Å². The van der Waals surface area contributed by atoms with E-state index < -0.39 is 6.09 Å². The lowest BCUT2D eigenvalue weighted by Crippen LogP contribution is -2.52. The Balaban J connectivity index is 1.51. The molecule has 2 N–H and O–H groups in total. The second-order valence-electron chi connectivity index (χ2n) is 8.88. The zero-order valence-electron chi connectivity index (χ0n) is 19.1. The molecule has 0 aliphatic heterocycles. The minimum absolute atomic E-state index is 0.124. The lowest BCUT2D eigenvalue weighted by atomic mass is 9.87. The molecule has 3 atom stereocenters. The Labute approximate surface area is 189 Å². The second kappa shape index (κ2) is 9.73. The molecule has 1 amide bonds. The number of aromatic nitrogens is 2. The molecule has 8 nitrogen and oxygen atoms in total. The molecule has 0 radical (unpaired) electrons. The minimum atomic E-state index is -0.955. The Morgan fingerprint density at radius 3 is 2.56 bits per heavy atom. The van der Waals surface area contributed by atoms with Crippen LogP contribution >= 0.6 is 0 Å². The fourth-order valence-corrected chi connectivity index (χ4v) is 5.02. The summed E-state index contributed by atoms with van der Waals surface area (Å²) in [7, 11) is 5.71. The summed E-state index contributed by atoms with van der Waals surface area (Å²) in [6.45, 7) is 0. The first-order valence-electron chi connectivity index (χ1n) is 11.4. The Kier molecular flexibility index (Phi) is 6.79. The van der Waals surface area contributed by atoms with Crippen LogP contribution in [-0.4, -0.2) is 60.6 Å². The molecule has 0 bridgehead atoms. The van der Waals surface area contributed by atoms with Crippen LogP contribution in [0.25, 0.3) is 0 Å². The number of hydrogen-bond acceptors (Lipinski definition) is 6. The number of ether oxygens (including phenoxy) is 1. The van der Waals surface area contributed by atoms with Crippen LogP contribution in [0.1, 0.15) is 43.4 Å². The summed E-state index contributed by atoms with van der Waals surface area (Å²) < 4.78 is 5.78. The number of amides is 1. The van der Waals surface area contributed by atoms with Crippen LogP contribution in [-0.2, 0) is 17.6 Å². The summed E-state index contributed by atoms with van der Waals surface area (Å²) in [5.41, 5.74) is 3.09. The van der Waals surface area contributed by atoms with E-state index in [1.165, 1.54) is 16.9 Å². The maximum Gasteiger partial charge on any atom is 0.412 e. The van der Waals surface area contributed by atoms with Crippen LogP contribution < -0.4 is 15.1 Å². The summed E-state index contributed by atoms with van der Waals surface area (Å²) in [6.07, 6.45) is 5.41. The number of nitrogens with one attached hydrogen (secondary N) is 1. The third kappa shape index (κ3) is 4.65. The van der Waals surface area contributed by atoms with Crippen LogP contribution in [0.5, 0.6) is 0 Å². The minimum Gasteiger partial charge on any atom is -0.465 e. The molecular formula is C24H33N5O3. The number of methoxy groups -OCH3 is 1. The summed E-state index contributed by atoms with van der Waals surface area (Å²) in [6, 6.07) is 9.15. The van der Waals surface area contributed by atoms with Crippen molar-refractivity contribution in [2.24, 2.45) is 0 Å². The van der Waals surface area contributed by atoms with Gasteiger partial charge < -0.3 is 20.1 Å². The van der Waals surface area contributed by atoms with Crippen molar-refractivity contribution in [1.82, 2.24) is 9.97 Å². The van der Waals surface area contributed by atoms with Crippen molar-refractivity contribution in [3.8, 4) is 0 Å². The van der Waals surface area contributed by atoms with Crippen molar-refractivity contribution in [2.75, 3.05) is 36.3 Å². The Bertz CT molecular complexity index is 937. The summed E-state index contributed by atoms with van der Waals surface area (Å²) in [5.74, 6) is 1.65. The van der Waals surface area contributed by atoms with Crippen molar-refractivity contribution in [1.29, 1.82) is 0 Å². The van der Waals surface area contributed by atoms with Crippen LogP contribution in [0.2, 0.25) is 0 Å². The number of anilines is 3. The molecule has 1 unspecified atom stereocenters. The van der Waals surface area contributed by atoms with Gasteiger partial charge in [-0.2, -0.15) is 4.98 Å². The Hall–Kier alpha value is -2.87. The fraction of sp³-hybridized carbons (Fsp3) is 0.542. The predicted octanol–water partition coefficient (Wildman–Crippen LogP) is 3.95. The smallest absolute Gasteiger partial charge is 0.412 e. The highest BCUT2D eigenvalue weighted by Gasteiger charge is 2.38. The maximum absolute atomic E-state index is 12.1. The number of carboxylic acid groups (broad SMARTS) is 1. The quantitative estimate of drug-likeness (QED) is 0.704. The van der Waals surface area contributed by atoms with Crippen LogP contribution in [0, 0.1) is 0 Å². The molecule has 32 heavy (non-hydrogen) atoms. The van der Waals surface area contributed by atoms with E-state index in [9.17, 15) is 9.90 Å². The molecule has 1 aromatic carbocycles.